The number of aromatic nitrogens is 6. The van der Waals surface area contributed by atoms with Crippen LogP contribution in [0, 0.1) is 35.7 Å². The van der Waals surface area contributed by atoms with E-state index in [-0.39, 0.29) is 37.6 Å². The van der Waals surface area contributed by atoms with Crippen molar-refractivity contribution in [2.75, 3.05) is 0 Å². The van der Waals surface area contributed by atoms with Gasteiger partial charge in [0.05, 0.1) is 0 Å². The molecule has 0 aliphatic rings. The van der Waals surface area contributed by atoms with Gasteiger partial charge in [0.15, 0.2) is 0 Å². The van der Waals surface area contributed by atoms with E-state index >= 15 is 0 Å². The van der Waals surface area contributed by atoms with E-state index in [9.17, 15) is 13.2 Å². The number of para-hydroxylation sites is 3. The third-order valence-corrected chi connectivity index (χ3v) is 13.9. The van der Waals surface area contributed by atoms with Gasteiger partial charge in [-0.1, -0.05) is 107 Å². The molecule has 0 aliphatic carbocycles. The molecule has 15 rings (SSSR count). The Hall–Kier alpha value is -9.73. The van der Waals surface area contributed by atoms with E-state index < -0.39 is 0 Å². The number of nitrogens with zero attached hydrogens (tertiary/aromatic N) is 6. The predicted molar refractivity (Wildman–Crippen MR) is 308 cm³/mol. The average molecular weight is 1200 g/mol. The quantitative estimate of drug-likeness (QED) is 0.156. The summed E-state index contributed by atoms with van der Waals surface area (Å²) in [6.45, 7) is 0. The van der Waals surface area contributed by atoms with Gasteiger partial charge in [-0.25, -0.2) is 13.2 Å². The van der Waals surface area contributed by atoms with Crippen LogP contribution in [0.2, 0.25) is 0 Å². The number of hydrogen-bond acceptors (Lipinski definition) is 3. The first kappa shape index (κ1) is 50.1. The van der Waals surface area contributed by atoms with E-state index in [1.807, 2.05) is 109 Å². The van der Waals surface area contributed by atoms with Gasteiger partial charge in [-0.15, -0.1) is 71.3 Å². The maximum absolute atomic E-state index is 13.4. The monoisotopic (exact) mass is 1200 g/mol. The van der Waals surface area contributed by atoms with Crippen LogP contribution in [0.4, 0.5) is 13.2 Å². The topological polar surface area (TPSA) is 53.5 Å². The Morgan fingerprint density at radius 1 is 0.278 bits per heavy atom. The molecule has 6 nitrogen and oxygen atoms in total. The van der Waals surface area contributed by atoms with Gasteiger partial charge in [0, 0.05) is 52.2 Å². The summed E-state index contributed by atoms with van der Waals surface area (Å²) < 4.78 is 46.5. The van der Waals surface area contributed by atoms with E-state index in [1.54, 1.807) is 55.0 Å². The standard InChI is InChI=1S/3C23H14FN2.Ir/c3*24-17-9-11-18(12-10-17)26-22-7-2-1-5-19(22)20-15-16(8-13-23(20)26)21-6-3-4-14-25-21;/h3*1-7,9-15H;/q3*-1;+3. The molecule has 15 aromatic rings. The summed E-state index contributed by atoms with van der Waals surface area (Å²) >= 11 is 0. The average Bonchev–Trinajstić information content (AvgIpc) is 4.36. The van der Waals surface area contributed by atoms with Crippen molar-refractivity contribution in [1.29, 1.82) is 0 Å². The number of halogens is 3. The number of pyridine rings is 3. The minimum Gasteiger partial charge on any atom is -0.351 e. The minimum atomic E-state index is -0.237. The van der Waals surface area contributed by atoms with E-state index in [0.717, 1.165) is 116 Å². The Morgan fingerprint density at radius 2 is 0.544 bits per heavy atom. The summed E-state index contributed by atoms with van der Waals surface area (Å²) in [5.74, 6) is -0.712. The van der Waals surface area contributed by atoms with Crippen LogP contribution in [-0.4, -0.2) is 28.7 Å². The normalized spacial score (nSPS) is 11.1. The molecule has 0 atom stereocenters. The number of rotatable bonds is 6. The largest absolute Gasteiger partial charge is 3.00 e. The van der Waals surface area contributed by atoms with Crippen LogP contribution in [0.1, 0.15) is 0 Å². The van der Waals surface area contributed by atoms with Crippen molar-refractivity contribution < 1.29 is 33.3 Å². The zero-order valence-electron chi connectivity index (χ0n) is 41.9. The molecular weight excluding hydrogens is 1160 g/mol. The van der Waals surface area contributed by atoms with Crippen molar-refractivity contribution in [3.63, 3.8) is 0 Å². The third-order valence-electron chi connectivity index (χ3n) is 13.9. The molecule has 0 unspecified atom stereocenters. The molecule has 0 fully saturated rings. The Balaban J connectivity index is 0.000000118. The van der Waals surface area contributed by atoms with Gasteiger partial charge < -0.3 is 28.7 Å². The zero-order chi connectivity index (χ0) is 52.5. The first-order chi connectivity index (χ1) is 38.4. The fourth-order valence-corrected chi connectivity index (χ4v) is 10.3. The second kappa shape index (κ2) is 21.7. The fourth-order valence-electron chi connectivity index (χ4n) is 10.3. The molecule has 0 saturated carbocycles. The summed E-state index contributed by atoms with van der Waals surface area (Å²) in [7, 11) is 0. The fraction of sp³-hybridized carbons (Fsp3) is 0. The molecule has 6 heterocycles. The predicted octanol–water partition coefficient (Wildman–Crippen LogP) is 17.4. The van der Waals surface area contributed by atoms with Crippen molar-refractivity contribution in [3.05, 3.63) is 291 Å². The van der Waals surface area contributed by atoms with E-state index in [0.29, 0.717) is 0 Å². The van der Waals surface area contributed by atoms with Gasteiger partial charge in [-0.3, -0.25) is 0 Å². The molecule has 9 aromatic carbocycles. The Morgan fingerprint density at radius 3 is 0.810 bits per heavy atom. The van der Waals surface area contributed by atoms with Crippen LogP contribution in [0.15, 0.2) is 255 Å². The maximum Gasteiger partial charge on any atom is 3.00 e. The van der Waals surface area contributed by atoms with Crippen molar-refractivity contribution in [2.45, 2.75) is 0 Å². The summed E-state index contributed by atoms with van der Waals surface area (Å²) in [6.07, 6.45) is 5.36. The third kappa shape index (κ3) is 9.65. The summed E-state index contributed by atoms with van der Waals surface area (Å²) in [5.41, 5.74) is 14.7. The van der Waals surface area contributed by atoms with Gasteiger partial charge >= 0.3 is 20.1 Å². The van der Waals surface area contributed by atoms with Crippen LogP contribution in [0.3, 0.4) is 0 Å². The SMILES string of the molecule is Fc1ccc(-n2c3c[c-]c(-c4ccccn4)cc3c3ccccc32)cc1.Fc1ccc(-n2c3c[c-]c(-c4ccccn4)cc3c3ccccc32)cc1.Fc1ccc(-n2c3c[c-]c(-c4ccccn4)cc3c3ccccc32)cc1.[Ir+3]. The molecule has 6 aromatic heterocycles. The Kier molecular flexibility index (Phi) is 13.8. The molecule has 0 spiro atoms. The molecule has 0 bridgehead atoms. The van der Waals surface area contributed by atoms with Gasteiger partial charge in [-0.2, -0.15) is 0 Å². The minimum absolute atomic E-state index is 0. The molecule has 0 amide bonds. The van der Waals surface area contributed by atoms with Crippen molar-refractivity contribution >= 4 is 65.4 Å². The van der Waals surface area contributed by atoms with Crippen molar-refractivity contribution in [1.82, 2.24) is 28.7 Å². The van der Waals surface area contributed by atoms with Crippen LogP contribution in [-0.2, 0) is 20.1 Å². The van der Waals surface area contributed by atoms with Gasteiger partial charge in [0.1, 0.15) is 17.5 Å². The Labute approximate surface area is 466 Å². The molecule has 0 saturated heterocycles. The van der Waals surface area contributed by atoms with Crippen LogP contribution < -0.4 is 0 Å². The summed E-state index contributed by atoms with van der Waals surface area (Å²) in [5, 5.41) is 6.84. The summed E-state index contributed by atoms with van der Waals surface area (Å²) in [6, 6.07) is 84.5. The van der Waals surface area contributed by atoms with Crippen LogP contribution >= 0.6 is 0 Å². The first-order valence-electron chi connectivity index (χ1n) is 25.3. The molecular formula is C69H42F3IrN6. The zero-order valence-corrected chi connectivity index (χ0v) is 44.3. The van der Waals surface area contributed by atoms with Crippen LogP contribution in [0.5, 0.6) is 0 Å². The molecule has 0 aliphatic heterocycles. The molecule has 378 valence electrons. The molecule has 0 N–H and O–H groups in total. The van der Waals surface area contributed by atoms with Crippen molar-refractivity contribution in [2.24, 2.45) is 0 Å². The van der Waals surface area contributed by atoms with Crippen LogP contribution in [0.25, 0.3) is 116 Å². The van der Waals surface area contributed by atoms with Crippen molar-refractivity contribution in [3.8, 4) is 50.8 Å². The van der Waals surface area contributed by atoms with Gasteiger partial charge in [0.2, 0.25) is 0 Å². The molecule has 79 heavy (non-hydrogen) atoms. The maximum atomic E-state index is 13.4. The van der Waals surface area contributed by atoms with Gasteiger partial charge in [0.25, 0.3) is 0 Å². The van der Waals surface area contributed by atoms with Gasteiger partial charge in [-0.05, 0) is 159 Å². The number of fused-ring (bicyclic) bond motifs is 9. The first-order valence-corrected chi connectivity index (χ1v) is 25.3. The number of hydrogen-bond donors (Lipinski definition) is 0. The smallest absolute Gasteiger partial charge is 0.351 e. The van der Waals surface area contributed by atoms with E-state index in [2.05, 4.69) is 101 Å². The summed E-state index contributed by atoms with van der Waals surface area (Å²) in [4.78, 5) is 13.3. The molecule has 10 heteroatoms. The Bertz CT molecular complexity index is 4150. The van der Waals surface area contributed by atoms with E-state index in [4.69, 9.17) is 0 Å². The second-order valence-corrected chi connectivity index (χ2v) is 18.6. The second-order valence-electron chi connectivity index (χ2n) is 18.6. The number of benzene rings is 9. The molecule has 0 radical (unpaired) electrons. The van der Waals surface area contributed by atoms with E-state index in [1.165, 1.54) is 36.4 Å².